The van der Waals surface area contributed by atoms with E-state index in [1.165, 1.54) is 0 Å². The highest BCUT2D eigenvalue weighted by atomic mass is 16.3. The number of hydrogen-bond donors (Lipinski definition) is 1. The maximum absolute atomic E-state index is 9.26. The average molecular weight is 136 g/mol. The molecule has 0 saturated carbocycles. The third-order valence-electron chi connectivity index (χ3n) is 1.38. The van der Waals surface area contributed by atoms with Crippen molar-refractivity contribution in [2.24, 2.45) is 0 Å². The number of hydrogen-bond acceptors (Lipinski definition) is 2. The van der Waals surface area contributed by atoms with Gasteiger partial charge in [-0.3, -0.25) is 4.98 Å². The van der Waals surface area contributed by atoms with E-state index in [4.69, 9.17) is 0 Å². The van der Waals surface area contributed by atoms with Crippen LogP contribution in [0.5, 0.6) is 0 Å². The highest BCUT2D eigenvalue weighted by Crippen LogP contribution is 2.12. The van der Waals surface area contributed by atoms with Crippen LogP contribution in [0.2, 0.25) is 0 Å². The summed E-state index contributed by atoms with van der Waals surface area (Å²) in [6.45, 7) is 1.92. The minimum Gasteiger partial charge on any atom is -0.388 e. The molecule has 0 bridgehead atoms. The second-order valence-electron chi connectivity index (χ2n) is 2.13. The van der Waals surface area contributed by atoms with E-state index in [-0.39, 0.29) is 0 Å². The Morgan fingerprint density at radius 2 is 2.60 bits per heavy atom. The zero-order valence-corrected chi connectivity index (χ0v) is 5.91. The van der Waals surface area contributed by atoms with Crippen molar-refractivity contribution in [3.05, 3.63) is 30.1 Å². The molecule has 1 atom stereocenters. The predicted octanol–water partition coefficient (Wildman–Crippen LogP) is 1.33. The van der Waals surface area contributed by atoms with Crippen molar-refractivity contribution < 1.29 is 5.11 Å². The first-order chi connectivity index (χ1) is 4.84. The first kappa shape index (κ1) is 7.22. The number of rotatable bonds is 2. The van der Waals surface area contributed by atoms with E-state index >= 15 is 0 Å². The third kappa shape index (κ3) is 1.54. The predicted molar refractivity (Wildman–Crippen MR) is 38.3 cm³/mol. The van der Waals surface area contributed by atoms with Gasteiger partial charge in [0.15, 0.2) is 0 Å². The lowest BCUT2D eigenvalue weighted by Gasteiger charge is -2.04. The van der Waals surface area contributed by atoms with E-state index in [9.17, 15) is 5.11 Å². The standard InChI is InChI=1S/C8H10NO/c1-2-8(10)7-4-3-5-9-6-7/h3-5,8,10H,2H2,1H3. The summed E-state index contributed by atoms with van der Waals surface area (Å²) in [7, 11) is 0. The fourth-order valence-electron chi connectivity index (χ4n) is 0.744. The van der Waals surface area contributed by atoms with Gasteiger partial charge in [0.05, 0.1) is 12.3 Å². The zero-order valence-electron chi connectivity index (χ0n) is 5.91. The van der Waals surface area contributed by atoms with Gasteiger partial charge in [-0.15, -0.1) is 0 Å². The minimum atomic E-state index is -0.409. The molecule has 1 rings (SSSR count). The van der Waals surface area contributed by atoms with Gasteiger partial charge in [0.25, 0.3) is 0 Å². The molecule has 10 heavy (non-hydrogen) atoms. The first-order valence-electron chi connectivity index (χ1n) is 3.35. The van der Waals surface area contributed by atoms with Crippen molar-refractivity contribution in [2.45, 2.75) is 19.4 Å². The van der Waals surface area contributed by atoms with E-state index < -0.39 is 6.10 Å². The Hall–Kier alpha value is -0.890. The molecule has 2 nitrogen and oxygen atoms in total. The van der Waals surface area contributed by atoms with Crippen molar-refractivity contribution in [3.63, 3.8) is 0 Å². The number of aromatic nitrogens is 1. The van der Waals surface area contributed by atoms with Gasteiger partial charge < -0.3 is 5.11 Å². The van der Waals surface area contributed by atoms with Crippen LogP contribution in [0.1, 0.15) is 25.0 Å². The molecule has 1 radical (unpaired) electrons. The van der Waals surface area contributed by atoms with Crippen LogP contribution < -0.4 is 0 Å². The Balaban J connectivity index is 2.75. The zero-order chi connectivity index (χ0) is 7.40. The minimum absolute atomic E-state index is 0.409. The second-order valence-corrected chi connectivity index (χ2v) is 2.13. The van der Waals surface area contributed by atoms with E-state index in [2.05, 4.69) is 11.2 Å². The van der Waals surface area contributed by atoms with Crippen LogP contribution in [-0.4, -0.2) is 10.1 Å². The molecule has 0 aromatic carbocycles. The summed E-state index contributed by atoms with van der Waals surface area (Å²) < 4.78 is 0. The van der Waals surface area contributed by atoms with Gasteiger partial charge in [-0.05, 0) is 12.5 Å². The van der Waals surface area contributed by atoms with Crippen LogP contribution in [-0.2, 0) is 0 Å². The van der Waals surface area contributed by atoms with Crippen molar-refractivity contribution in [1.29, 1.82) is 0 Å². The normalized spacial score (nSPS) is 13.0. The Kier molecular flexibility index (Phi) is 2.40. The molecule has 0 amide bonds. The maximum Gasteiger partial charge on any atom is 0.0947 e. The highest BCUT2D eigenvalue weighted by Gasteiger charge is 2.02. The molecule has 0 aliphatic rings. The summed E-state index contributed by atoms with van der Waals surface area (Å²) in [4.78, 5) is 3.77. The summed E-state index contributed by atoms with van der Waals surface area (Å²) in [6, 6.07) is 3.62. The SMILES string of the molecule is CCC(O)c1[c]nccc1. The van der Waals surface area contributed by atoms with Crippen LogP contribution >= 0.6 is 0 Å². The van der Waals surface area contributed by atoms with Crippen LogP contribution in [0.25, 0.3) is 0 Å². The Labute approximate surface area is 60.5 Å². The number of pyridine rings is 1. The van der Waals surface area contributed by atoms with Crippen molar-refractivity contribution in [3.8, 4) is 0 Å². The second kappa shape index (κ2) is 3.32. The summed E-state index contributed by atoms with van der Waals surface area (Å²) in [5.74, 6) is 0. The van der Waals surface area contributed by atoms with Crippen LogP contribution in [0.4, 0.5) is 0 Å². The van der Waals surface area contributed by atoms with Gasteiger partial charge >= 0.3 is 0 Å². The Morgan fingerprint density at radius 3 is 3.10 bits per heavy atom. The average Bonchev–Trinajstić information content (AvgIpc) is 2.05. The van der Waals surface area contributed by atoms with Crippen molar-refractivity contribution in [1.82, 2.24) is 4.98 Å². The van der Waals surface area contributed by atoms with Crippen LogP contribution in [0.15, 0.2) is 18.3 Å². The monoisotopic (exact) mass is 136 g/mol. The molecule has 53 valence electrons. The topological polar surface area (TPSA) is 33.1 Å². The Morgan fingerprint density at radius 1 is 1.80 bits per heavy atom. The largest absolute Gasteiger partial charge is 0.388 e. The maximum atomic E-state index is 9.26. The first-order valence-corrected chi connectivity index (χ1v) is 3.35. The summed E-state index contributed by atoms with van der Waals surface area (Å²) >= 11 is 0. The Bertz CT molecular complexity index is 186. The molecule has 2 heteroatoms. The van der Waals surface area contributed by atoms with Crippen molar-refractivity contribution >= 4 is 0 Å². The molecule has 0 saturated heterocycles. The molecule has 1 unspecified atom stereocenters. The van der Waals surface area contributed by atoms with Gasteiger partial charge in [-0.2, -0.15) is 0 Å². The van der Waals surface area contributed by atoms with Crippen molar-refractivity contribution in [2.75, 3.05) is 0 Å². The lowest BCUT2D eigenvalue weighted by molar-refractivity contribution is 0.173. The van der Waals surface area contributed by atoms with Crippen LogP contribution in [0.3, 0.4) is 0 Å². The molecular formula is C8H10NO. The van der Waals surface area contributed by atoms with E-state index in [0.29, 0.717) is 6.42 Å². The number of aliphatic hydroxyl groups is 1. The highest BCUT2D eigenvalue weighted by molar-refractivity contribution is 5.09. The molecule has 1 aromatic heterocycles. The molecule has 0 fully saturated rings. The molecule has 0 aliphatic heterocycles. The quantitative estimate of drug-likeness (QED) is 0.665. The molecular weight excluding hydrogens is 126 g/mol. The smallest absolute Gasteiger partial charge is 0.0947 e. The molecule has 1 heterocycles. The van der Waals surface area contributed by atoms with E-state index in [1.54, 1.807) is 12.3 Å². The summed E-state index contributed by atoms with van der Waals surface area (Å²) in [6.07, 6.45) is 4.67. The van der Waals surface area contributed by atoms with Gasteiger partial charge in [0, 0.05) is 11.8 Å². The molecule has 0 aliphatic carbocycles. The molecule has 0 spiro atoms. The molecule has 1 N–H and O–H groups in total. The molecule has 1 aromatic rings. The summed E-state index contributed by atoms with van der Waals surface area (Å²) in [5, 5.41) is 9.26. The van der Waals surface area contributed by atoms with E-state index in [0.717, 1.165) is 5.56 Å². The fourth-order valence-corrected chi connectivity index (χ4v) is 0.744. The third-order valence-corrected chi connectivity index (χ3v) is 1.38. The fraction of sp³-hybridized carbons (Fsp3) is 0.375. The summed E-state index contributed by atoms with van der Waals surface area (Å²) in [5.41, 5.74) is 0.769. The number of nitrogens with zero attached hydrogens (tertiary/aromatic N) is 1. The number of aliphatic hydroxyl groups excluding tert-OH is 1. The van der Waals surface area contributed by atoms with Gasteiger partial charge in [-0.1, -0.05) is 13.0 Å². The van der Waals surface area contributed by atoms with E-state index in [1.807, 2.05) is 13.0 Å². The lowest BCUT2D eigenvalue weighted by Crippen LogP contribution is -1.94. The van der Waals surface area contributed by atoms with Gasteiger partial charge in [0.2, 0.25) is 0 Å². The van der Waals surface area contributed by atoms with Gasteiger partial charge in [0.1, 0.15) is 0 Å². The van der Waals surface area contributed by atoms with Crippen LogP contribution in [0, 0.1) is 6.20 Å². The lowest BCUT2D eigenvalue weighted by atomic mass is 10.1. The van der Waals surface area contributed by atoms with Gasteiger partial charge in [-0.25, -0.2) is 0 Å².